The van der Waals surface area contributed by atoms with Crippen molar-refractivity contribution in [2.75, 3.05) is 23.3 Å². The van der Waals surface area contributed by atoms with Gasteiger partial charge in [-0.2, -0.15) is 0 Å². The number of carbonyl (C=O) groups is 1. The summed E-state index contributed by atoms with van der Waals surface area (Å²) in [7, 11) is 0. The molecule has 2 heterocycles. The molecule has 0 saturated carbocycles. The molecule has 2 aromatic rings. The monoisotopic (exact) mass is 350 g/mol. The highest BCUT2D eigenvalue weighted by Crippen LogP contribution is 2.26. The number of carbonyl (C=O) groups excluding carboxylic acids is 1. The van der Waals surface area contributed by atoms with Gasteiger partial charge in [0, 0.05) is 24.2 Å². The van der Waals surface area contributed by atoms with E-state index in [1.54, 1.807) is 24.3 Å². The molecule has 1 aliphatic rings. The maximum absolute atomic E-state index is 12.4. The van der Waals surface area contributed by atoms with Gasteiger partial charge in [0.2, 0.25) is 0 Å². The standard InChI is InChI=1S/C16H16Cl2N4O/c17-11-4-5-12(18)13(8-11)21-16(23)14-9-15(20-10-19-14)22-6-2-1-3-7-22/h4-5,8-10H,1-3,6-7H2,(H,21,23). The van der Waals surface area contributed by atoms with Gasteiger partial charge in [0.05, 0.1) is 10.7 Å². The summed E-state index contributed by atoms with van der Waals surface area (Å²) in [6.45, 7) is 1.91. The normalized spacial score (nSPS) is 14.6. The van der Waals surface area contributed by atoms with Gasteiger partial charge in [0.15, 0.2) is 0 Å². The Bertz CT molecular complexity index is 717. The summed E-state index contributed by atoms with van der Waals surface area (Å²) in [5, 5.41) is 3.66. The first-order chi connectivity index (χ1) is 11.1. The quantitative estimate of drug-likeness (QED) is 0.907. The average molecular weight is 351 g/mol. The summed E-state index contributed by atoms with van der Waals surface area (Å²) in [4.78, 5) is 22.9. The third-order valence-corrected chi connectivity index (χ3v) is 4.31. The lowest BCUT2D eigenvalue weighted by Crippen LogP contribution is -2.30. The zero-order chi connectivity index (χ0) is 16.2. The molecule has 1 N–H and O–H groups in total. The van der Waals surface area contributed by atoms with Crippen LogP contribution in [-0.2, 0) is 0 Å². The molecular weight excluding hydrogens is 335 g/mol. The molecule has 1 saturated heterocycles. The number of hydrogen-bond acceptors (Lipinski definition) is 4. The molecule has 5 nitrogen and oxygen atoms in total. The summed E-state index contributed by atoms with van der Waals surface area (Å²) in [5.41, 5.74) is 0.763. The number of halogens is 2. The Morgan fingerprint density at radius 2 is 1.87 bits per heavy atom. The van der Waals surface area contributed by atoms with Crippen molar-refractivity contribution in [3.63, 3.8) is 0 Å². The number of nitrogens with one attached hydrogen (secondary N) is 1. The molecule has 1 aliphatic heterocycles. The Morgan fingerprint density at radius 1 is 1.09 bits per heavy atom. The van der Waals surface area contributed by atoms with Crippen molar-refractivity contribution in [2.45, 2.75) is 19.3 Å². The van der Waals surface area contributed by atoms with Gasteiger partial charge in [-0.15, -0.1) is 0 Å². The molecule has 0 unspecified atom stereocenters. The van der Waals surface area contributed by atoms with Gasteiger partial charge in [-0.1, -0.05) is 23.2 Å². The van der Waals surface area contributed by atoms with Gasteiger partial charge < -0.3 is 10.2 Å². The van der Waals surface area contributed by atoms with Crippen LogP contribution in [0.4, 0.5) is 11.5 Å². The number of rotatable bonds is 3. The number of hydrogen-bond donors (Lipinski definition) is 1. The molecule has 0 bridgehead atoms. The minimum Gasteiger partial charge on any atom is -0.357 e. The van der Waals surface area contributed by atoms with E-state index >= 15 is 0 Å². The van der Waals surface area contributed by atoms with Crippen molar-refractivity contribution < 1.29 is 4.79 Å². The molecule has 0 aliphatic carbocycles. The van der Waals surface area contributed by atoms with Crippen LogP contribution >= 0.6 is 23.2 Å². The Hall–Kier alpha value is -1.85. The molecule has 1 amide bonds. The van der Waals surface area contributed by atoms with Crippen LogP contribution in [0.1, 0.15) is 29.8 Å². The third-order valence-electron chi connectivity index (χ3n) is 3.74. The fraction of sp³-hybridized carbons (Fsp3) is 0.312. The fourth-order valence-corrected chi connectivity index (χ4v) is 2.88. The van der Waals surface area contributed by atoms with Crippen LogP contribution < -0.4 is 10.2 Å². The van der Waals surface area contributed by atoms with Gasteiger partial charge >= 0.3 is 0 Å². The van der Waals surface area contributed by atoms with Gasteiger partial charge in [-0.25, -0.2) is 9.97 Å². The van der Waals surface area contributed by atoms with Crippen molar-refractivity contribution in [2.24, 2.45) is 0 Å². The predicted octanol–water partition coefficient (Wildman–Crippen LogP) is 4.03. The molecule has 120 valence electrons. The molecule has 0 atom stereocenters. The predicted molar refractivity (Wildman–Crippen MR) is 92.5 cm³/mol. The second-order valence-corrected chi connectivity index (χ2v) is 6.23. The van der Waals surface area contributed by atoms with Crippen LogP contribution in [-0.4, -0.2) is 29.0 Å². The topological polar surface area (TPSA) is 58.1 Å². The van der Waals surface area contributed by atoms with Crippen molar-refractivity contribution in [1.82, 2.24) is 9.97 Å². The van der Waals surface area contributed by atoms with E-state index in [-0.39, 0.29) is 5.91 Å². The summed E-state index contributed by atoms with van der Waals surface area (Å²) < 4.78 is 0. The molecule has 23 heavy (non-hydrogen) atoms. The van der Waals surface area contributed by atoms with Gasteiger partial charge in [-0.3, -0.25) is 4.79 Å². The molecule has 1 aromatic carbocycles. The van der Waals surface area contributed by atoms with Crippen molar-refractivity contribution in [3.05, 3.63) is 46.3 Å². The van der Waals surface area contributed by atoms with Crippen LogP contribution in [0.3, 0.4) is 0 Å². The number of amides is 1. The third kappa shape index (κ3) is 3.92. The molecule has 0 spiro atoms. The van der Waals surface area contributed by atoms with Crippen LogP contribution in [0.5, 0.6) is 0 Å². The largest absolute Gasteiger partial charge is 0.357 e. The number of benzene rings is 1. The molecule has 1 fully saturated rings. The van der Waals surface area contributed by atoms with Crippen molar-refractivity contribution >= 4 is 40.6 Å². The summed E-state index contributed by atoms with van der Waals surface area (Å²) in [6.07, 6.45) is 4.94. The van der Waals surface area contributed by atoms with Crippen molar-refractivity contribution in [1.29, 1.82) is 0 Å². The van der Waals surface area contributed by atoms with Crippen molar-refractivity contribution in [3.8, 4) is 0 Å². The second-order valence-electron chi connectivity index (χ2n) is 5.39. The maximum Gasteiger partial charge on any atom is 0.274 e. The number of aromatic nitrogens is 2. The maximum atomic E-state index is 12.4. The van der Waals surface area contributed by atoms with E-state index in [0.717, 1.165) is 31.7 Å². The first-order valence-corrected chi connectivity index (χ1v) is 8.22. The van der Waals surface area contributed by atoms with Crippen LogP contribution in [0.15, 0.2) is 30.6 Å². The van der Waals surface area contributed by atoms with E-state index in [0.29, 0.717) is 21.4 Å². The number of nitrogens with zero attached hydrogens (tertiary/aromatic N) is 3. The molecule has 0 radical (unpaired) electrons. The highest BCUT2D eigenvalue weighted by Gasteiger charge is 2.16. The average Bonchev–Trinajstić information content (AvgIpc) is 2.59. The molecular formula is C16H16Cl2N4O. The van der Waals surface area contributed by atoms with Crippen LogP contribution in [0, 0.1) is 0 Å². The van der Waals surface area contributed by atoms with E-state index in [9.17, 15) is 4.79 Å². The molecule has 1 aromatic heterocycles. The number of anilines is 2. The lowest BCUT2D eigenvalue weighted by Gasteiger charge is -2.27. The van der Waals surface area contributed by atoms with E-state index in [1.807, 2.05) is 0 Å². The van der Waals surface area contributed by atoms with E-state index in [1.165, 1.54) is 12.7 Å². The Morgan fingerprint density at radius 3 is 2.65 bits per heavy atom. The SMILES string of the molecule is O=C(Nc1cc(Cl)ccc1Cl)c1cc(N2CCCCC2)ncn1. The Kier molecular flexibility index (Phi) is 4.98. The smallest absolute Gasteiger partial charge is 0.274 e. The van der Waals surface area contributed by atoms with Crippen LogP contribution in [0.2, 0.25) is 10.0 Å². The zero-order valence-corrected chi connectivity index (χ0v) is 13.9. The zero-order valence-electron chi connectivity index (χ0n) is 12.4. The Balaban J connectivity index is 1.78. The molecule has 7 heteroatoms. The van der Waals surface area contributed by atoms with E-state index in [2.05, 4.69) is 20.2 Å². The highest BCUT2D eigenvalue weighted by atomic mass is 35.5. The first kappa shape index (κ1) is 16.0. The number of piperidine rings is 1. The lowest BCUT2D eigenvalue weighted by molar-refractivity contribution is 0.102. The van der Waals surface area contributed by atoms with E-state index < -0.39 is 0 Å². The lowest BCUT2D eigenvalue weighted by atomic mass is 10.1. The minimum absolute atomic E-state index is 0.302. The van der Waals surface area contributed by atoms with E-state index in [4.69, 9.17) is 23.2 Å². The van der Waals surface area contributed by atoms with Gasteiger partial charge in [-0.05, 0) is 37.5 Å². The summed E-state index contributed by atoms with van der Waals surface area (Å²) >= 11 is 12.0. The van der Waals surface area contributed by atoms with Gasteiger partial charge in [0.25, 0.3) is 5.91 Å². The summed E-state index contributed by atoms with van der Waals surface area (Å²) in [6, 6.07) is 6.62. The highest BCUT2D eigenvalue weighted by molar-refractivity contribution is 6.35. The molecule has 3 rings (SSSR count). The Labute approximate surface area is 144 Å². The minimum atomic E-state index is -0.338. The van der Waals surface area contributed by atoms with Gasteiger partial charge in [0.1, 0.15) is 17.8 Å². The fourth-order valence-electron chi connectivity index (χ4n) is 2.55. The summed E-state index contributed by atoms with van der Waals surface area (Å²) in [5.74, 6) is 0.442. The van der Waals surface area contributed by atoms with Crippen LogP contribution in [0.25, 0.3) is 0 Å². The second kappa shape index (κ2) is 7.15. The first-order valence-electron chi connectivity index (χ1n) is 7.47.